The van der Waals surface area contributed by atoms with Gasteiger partial charge in [-0.25, -0.2) is 0 Å². The Morgan fingerprint density at radius 2 is 1.53 bits per heavy atom. The molecule has 0 saturated carbocycles. The molecule has 7 nitrogen and oxygen atoms in total. The van der Waals surface area contributed by atoms with E-state index in [1.807, 2.05) is 6.07 Å². The molecule has 0 spiro atoms. The van der Waals surface area contributed by atoms with Crippen LogP contribution in [0.15, 0.2) is 60.7 Å². The molecule has 3 amide bonds. The van der Waals surface area contributed by atoms with Crippen LogP contribution in [-0.4, -0.2) is 71.7 Å². The van der Waals surface area contributed by atoms with Gasteiger partial charge in [0.15, 0.2) is 0 Å². The predicted molar refractivity (Wildman–Crippen MR) is 173 cm³/mol. The van der Waals surface area contributed by atoms with Crippen LogP contribution in [0.1, 0.15) is 59.2 Å². The molecule has 0 N–H and O–H groups in total. The van der Waals surface area contributed by atoms with Crippen molar-refractivity contribution in [1.29, 1.82) is 5.26 Å². The van der Waals surface area contributed by atoms with E-state index in [1.54, 1.807) is 47.2 Å². The lowest BCUT2D eigenvalue weighted by Gasteiger charge is -2.44. The average Bonchev–Trinajstić information content (AvgIpc) is 3.07. The largest absolute Gasteiger partial charge is 0.416 e. The zero-order valence-corrected chi connectivity index (χ0v) is 27.4. The molecule has 0 bridgehead atoms. The van der Waals surface area contributed by atoms with Crippen molar-refractivity contribution in [2.45, 2.75) is 44.3 Å². The van der Waals surface area contributed by atoms with E-state index < -0.39 is 29.6 Å². The first-order chi connectivity index (χ1) is 22.3. The van der Waals surface area contributed by atoms with E-state index in [0.29, 0.717) is 60.1 Å². The van der Waals surface area contributed by atoms with E-state index in [0.717, 1.165) is 17.7 Å². The standard InChI is InChI=1S/C35H33Cl2F3N4O3/c1-21(45)43-12-9-24(10-13-43)34(47)44-14-11-32(29(20-44)25-7-8-30(36)31(37)18-25)42(2)33(46)27-15-26(16-28(17-27)35(38,39)40)23-5-3-22(19-41)4-6-23/h3-8,15-18,24,29,32H,9-14,20H2,1-2H3/t29-,32+/m0/s1. The van der Waals surface area contributed by atoms with E-state index in [-0.39, 0.29) is 35.4 Å². The molecule has 2 fully saturated rings. The summed E-state index contributed by atoms with van der Waals surface area (Å²) in [7, 11) is 1.56. The summed E-state index contributed by atoms with van der Waals surface area (Å²) in [5, 5.41) is 9.78. The maximum Gasteiger partial charge on any atom is 0.416 e. The van der Waals surface area contributed by atoms with Crippen LogP contribution < -0.4 is 0 Å². The molecule has 0 radical (unpaired) electrons. The number of alkyl halides is 3. The zero-order valence-electron chi connectivity index (χ0n) is 25.9. The molecule has 12 heteroatoms. The number of halogens is 5. The molecular formula is C35H33Cl2F3N4O3. The minimum atomic E-state index is -4.70. The van der Waals surface area contributed by atoms with Gasteiger partial charge in [0.1, 0.15) is 0 Å². The maximum absolute atomic E-state index is 14.0. The van der Waals surface area contributed by atoms with Crippen molar-refractivity contribution in [3.63, 3.8) is 0 Å². The summed E-state index contributed by atoms with van der Waals surface area (Å²) in [6.07, 6.45) is -3.20. The third kappa shape index (κ3) is 7.58. The van der Waals surface area contributed by atoms with Gasteiger partial charge < -0.3 is 14.7 Å². The van der Waals surface area contributed by atoms with E-state index in [2.05, 4.69) is 0 Å². The first-order valence-electron chi connectivity index (χ1n) is 15.3. The Morgan fingerprint density at radius 1 is 0.872 bits per heavy atom. The van der Waals surface area contributed by atoms with E-state index >= 15 is 0 Å². The molecule has 3 aromatic carbocycles. The van der Waals surface area contributed by atoms with Gasteiger partial charge in [0.2, 0.25) is 11.8 Å². The SMILES string of the molecule is CC(=O)N1CCC(C(=O)N2CC[C@@H](N(C)C(=O)c3cc(-c4ccc(C#N)cc4)cc(C(F)(F)F)c3)[C@H](c3ccc(Cl)c(Cl)c3)C2)CC1. The normalized spacial score (nSPS) is 18.9. The minimum absolute atomic E-state index is 0.0179. The molecule has 0 aromatic heterocycles. The van der Waals surface area contributed by atoms with Crippen molar-refractivity contribution in [2.75, 3.05) is 33.2 Å². The molecule has 2 aliphatic heterocycles. The van der Waals surface area contributed by atoms with Gasteiger partial charge in [0.05, 0.1) is 27.2 Å². The van der Waals surface area contributed by atoms with Crippen molar-refractivity contribution in [3.05, 3.63) is 93.0 Å². The van der Waals surface area contributed by atoms with Crippen molar-refractivity contribution < 1.29 is 27.6 Å². The highest BCUT2D eigenvalue weighted by Gasteiger charge is 2.40. The molecule has 0 aliphatic carbocycles. The van der Waals surface area contributed by atoms with Crippen LogP contribution in [-0.2, 0) is 15.8 Å². The summed E-state index contributed by atoms with van der Waals surface area (Å²) < 4.78 is 42.1. The smallest absolute Gasteiger partial charge is 0.343 e. The quantitative estimate of drug-likeness (QED) is 0.283. The number of nitriles is 1. The molecule has 2 aliphatic rings. The fourth-order valence-corrected chi connectivity index (χ4v) is 6.85. The second-order valence-corrected chi connectivity index (χ2v) is 12.9. The van der Waals surface area contributed by atoms with Gasteiger partial charge in [0.25, 0.3) is 5.91 Å². The molecule has 3 aromatic rings. The lowest BCUT2D eigenvalue weighted by Crippen LogP contribution is -2.53. The Labute approximate surface area is 281 Å². The van der Waals surface area contributed by atoms with Crippen LogP contribution in [0.4, 0.5) is 13.2 Å². The molecule has 47 heavy (non-hydrogen) atoms. The lowest BCUT2D eigenvalue weighted by atomic mass is 9.83. The van der Waals surface area contributed by atoms with Crippen molar-refractivity contribution in [2.24, 2.45) is 5.92 Å². The first-order valence-corrected chi connectivity index (χ1v) is 16.0. The number of benzene rings is 3. The Balaban J connectivity index is 1.44. The van der Waals surface area contributed by atoms with Crippen LogP contribution in [0.5, 0.6) is 0 Å². The molecule has 2 atom stereocenters. The van der Waals surface area contributed by atoms with E-state index in [9.17, 15) is 27.6 Å². The summed E-state index contributed by atoms with van der Waals surface area (Å²) >= 11 is 12.6. The van der Waals surface area contributed by atoms with Crippen molar-refractivity contribution in [3.8, 4) is 17.2 Å². The fraction of sp³-hybridized carbons (Fsp3) is 0.371. The molecule has 0 unspecified atom stereocenters. The lowest BCUT2D eigenvalue weighted by molar-refractivity contribution is -0.141. The fourth-order valence-electron chi connectivity index (χ4n) is 6.55. The van der Waals surface area contributed by atoms with Crippen LogP contribution in [0.3, 0.4) is 0 Å². The highest BCUT2D eigenvalue weighted by atomic mass is 35.5. The number of carbonyl (C=O) groups is 3. The summed E-state index contributed by atoms with van der Waals surface area (Å²) in [5.74, 6) is -1.28. The number of hydrogen-bond acceptors (Lipinski definition) is 4. The van der Waals surface area contributed by atoms with Gasteiger partial charge in [-0.15, -0.1) is 0 Å². The number of piperidine rings is 2. The number of likely N-dealkylation sites (N-methyl/N-ethyl adjacent to an activating group) is 1. The van der Waals surface area contributed by atoms with Crippen LogP contribution in [0.25, 0.3) is 11.1 Å². The first kappa shape index (κ1) is 34.3. The second kappa shape index (κ2) is 14.0. The average molecular weight is 686 g/mol. The van der Waals surface area contributed by atoms with Crippen LogP contribution in [0.2, 0.25) is 10.0 Å². The van der Waals surface area contributed by atoms with Crippen LogP contribution >= 0.6 is 23.2 Å². The van der Waals surface area contributed by atoms with Crippen LogP contribution in [0, 0.1) is 17.2 Å². The monoisotopic (exact) mass is 684 g/mol. The van der Waals surface area contributed by atoms with Gasteiger partial charge in [-0.05, 0) is 78.4 Å². The number of nitrogens with zero attached hydrogens (tertiary/aromatic N) is 4. The number of hydrogen-bond donors (Lipinski definition) is 0. The summed E-state index contributed by atoms with van der Waals surface area (Å²) in [5.41, 5.74) is 0.630. The predicted octanol–water partition coefficient (Wildman–Crippen LogP) is 7.27. The maximum atomic E-state index is 14.0. The van der Waals surface area contributed by atoms with E-state index in [1.165, 1.54) is 30.0 Å². The third-order valence-corrected chi connectivity index (χ3v) is 9.96. The molecule has 2 saturated heterocycles. The Kier molecular flexibility index (Phi) is 10.2. The van der Waals surface area contributed by atoms with Gasteiger partial charge in [0, 0.05) is 63.6 Å². The zero-order chi connectivity index (χ0) is 34.0. The second-order valence-electron chi connectivity index (χ2n) is 12.1. The highest BCUT2D eigenvalue weighted by molar-refractivity contribution is 6.42. The van der Waals surface area contributed by atoms with Crippen molar-refractivity contribution in [1.82, 2.24) is 14.7 Å². The molecule has 5 rings (SSSR count). The number of amides is 3. The summed E-state index contributed by atoms with van der Waals surface area (Å²) in [6.45, 7) is 3.16. The number of likely N-dealkylation sites (tertiary alicyclic amines) is 2. The minimum Gasteiger partial charge on any atom is -0.343 e. The molecule has 2 heterocycles. The molecular weight excluding hydrogens is 652 g/mol. The van der Waals surface area contributed by atoms with Crippen molar-refractivity contribution >= 4 is 40.9 Å². The summed E-state index contributed by atoms with van der Waals surface area (Å²) in [6, 6.07) is 16.0. The highest BCUT2D eigenvalue weighted by Crippen LogP contribution is 2.37. The number of rotatable bonds is 5. The Bertz CT molecular complexity index is 1720. The molecule has 246 valence electrons. The van der Waals surface area contributed by atoms with Gasteiger partial charge in [-0.2, -0.15) is 18.4 Å². The van der Waals surface area contributed by atoms with Gasteiger partial charge in [-0.1, -0.05) is 41.4 Å². The topological polar surface area (TPSA) is 84.7 Å². The Morgan fingerprint density at radius 3 is 2.13 bits per heavy atom. The third-order valence-electron chi connectivity index (χ3n) is 9.22. The van der Waals surface area contributed by atoms with Gasteiger partial charge >= 0.3 is 6.18 Å². The summed E-state index contributed by atoms with van der Waals surface area (Å²) in [4.78, 5) is 44.4. The van der Waals surface area contributed by atoms with E-state index in [4.69, 9.17) is 28.5 Å². The Hall–Kier alpha value is -4.07. The van der Waals surface area contributed by atoms with Gasteiger partial charge in [-0.3, -0.25) is 14.4 Å². The number of carbonyl (C=O) groups excluding carboxylic acids is 3.